The molecule has 0 saturated heterocycles. The summed E-state index contributed by atoms with van der Waals surface area (Å²) in [6, 6.07) is 14.8. The van der Waals surface area contributed by atoms with Crippen LogP contribution in [0.3, 0.4) is 0 Å². The van der Waals surface area contributed by atoms with E-state index in [2.05, 4.69) is 10.6 Å². The van der Waals surface area contributed by atoms with Crippen LogP contribution in [0.25, 0.3) is 0 Å². The number of nitrogens with one attached hydrogen (secondary N) is 2. The highest BCUT2D eigenvalue weighted by atomic mass is 35.5. The van der Waals surface area contributed by atoms with Gasteiger partial charge in [-0.3, -0.25) is 0 Å². The lowest BCUT2D eigenvalue weighted by Gasteiger charge is -2.18. The number of carbonyl (C=O) groups excluding carboxylic acids is 1. The number of halogens is 1. The monoisotopic (exact) mass is 318 g/mol. The first-order valence-electron chi connectivity index (χ1n) is 6.99. The van der Waals surface area contributed by atoms with Crippen LogP contribution in [0, 0.1) is 6.92 Å². The predicted molar refractivity (Wildman–Crippen MR) is 89.4 cm³/mol. The van der Waals surface area contributed by atoms with Crippen molar-refractivity contribution in [3.05, 3.63) is 64.7 Å². The van der Waals surface area contributed by atoms with E-state index < -0.39 is 0 Å². The molecule has 116 valence electrons. The van der Waals surface area contributed by atoms with Crippen molar-refractivity contribution in [2.24, 2.45) is 0 Å². The summed E-state index contributed by atoms with van der Waals surface area (Å²) in [5.74, 6) is 0. The van der Waals surface area contributed by atoms with Gasteiger partial charge in [-0.1, -0.05) is 48.0 Å². The maximum absolute atomic E-state index is 12.0. The largest absolute Gasteiger partial charge is 0.375 e. The van der Waals surface area contributed by atoms with Gasteiger partial charge in [-0.25, -0.2) is 4.79 Å². The Morgan fingerprint density at radius 1 is 1.18 bits per heavy atom. The first-order valence-corrected chi connectivity index (χ1v) is 7.37. The molecular weight excluding hydrogens is 300 g/mol. The number of anilines is 1. The molecule has 2 aromatic rings. The third-order valence-corrected chi connectivity index (χ3v) is 3.72. The molecule has 0 aliphatic carbocycles. The molecule has 0 bridgehead atoms. The van der Waals surface area contributed by atoms with E-state index in [1.807, 2.05) is 49.4 Å². The van der Waals surface area contributed by atoms with Crippen LogP contribution in [0.4, 0.5) is 10.5 Å². The molecule has 5 heteroatoms. The van der Waals surface area contributed by atoms with Crippen LogP contribution in [0.15, 0.2) is 48.5 Å². The Hall–Kier alpha value is -2.04. The standard InChI is InChI=1S/C17H19ClN2O2/c1-12-7-3-6-10-15(12)20-17(21)19-11-16(22-2)13-8-4-5-9-14(13)18/h3-10,16H,11H2,1-2H3,(H2,19,20,21). The van der Waals surface area contributed by atoms with Gasteiger partial charge in [-0.05, 0) is 24.6 Å². The number of methoxy groups -OCH3 is 1. The third kappa shape index (κ3) is 4.23. The minimum atomic E-state index is -0.295. The van der Waals surface area contributed by atoms with Gasteiger partial charge in [-0.2, -0.15) is 0 Å². The zero-order valence-corrected chi connectivity index (χ0v) is 13.4. The van der Waals surface area contributed by atoms with E-state index in [1.54, 1.807) is 13.2 Å². The smallest absolute Gasteiger partial charge is 0.319 e. The average molecular weight is 319 g/mol. The fraction of sp³-hybridized carbons (Fsp3) is 0.235. The Kier molecular flexibility index (Phi) is 5.81. The molecule has 0 fully saturated rings. The zero-order valence-electron chi connectivity index (χ0n) is 12.6. The van der Waals surface area contributed by atoms with Crippen LogP contribution in [0.5, 0.6) is 0 Å². The fourth-order valence-corrected chi connectivity index (χ4v) is 2.38. The van der Waals surface area contributed by atoms with Crippen LogP contribution in [0.1, 0.15) is 17.2 Å². The molecule has 22 heavy (non-hydrogen) atoms. The number of urea groups is 1. The number of ether oxygens (including phenoxy) is 1. The highest BCUT2D eigenvalue weighted by molar-refractivity contribution is 6.31. The highest BCUT2D eigenvalue weighted by Crippen LogP contribution is 2.24. The van der Waals surface area contributed by atoms with Crippen molar-refractivity contribution in [2.45, 2.75) is 13.0 Å². The predicted octanol–water partition coefficient (Wildman–Crippen LogP) is 4.16. The second-order valence-corrected chi connectivity index (χ2v) is 5.30. The lowest BCUT2D eigenvalue weighted by Crippen LogP contribution is -2.33. The van der Waals surface area contributed by atoms with Gasteiger partial charge in [0.2, 0.25) is 0 Å². The van der Waals surface area contributed by atoms with Crippen molar-refractivity contribution in [3.8, 4) is 0 Å². The first-order chi connectivity index (χ1) is 10.6. The lowest BCUT2D eigenvalue weighted by atomic mass is 10.1. The molecule has 0 aliphatic rings. The van der Waals surface area contributed by atoms with Crippen LogP contribution in [0.2, 0.25) is 5.02 Å². The summed E-state index contributed by atoms with van der Waals surface area (Å²) in [7, 11) is 1.59. The van der Waals surface area contributed by atoms with Gasteiger partial charge in [0.25, 0.3) is 0 Å². The molecule has 0 aromatic heterocycles. The van der Waals surface area contributed by atoms with Gasteiger partial charge in [0.05, 0.1) is 0 Å². The number of carbonyl (C=O) groups is 1. The zero-order chi connectivity index (χ0) is 15.9. The van der Waals surface area contributed by atoms with E-state index in [4.69, 9.17) is 16.3 Å². The summed E-state index contributed by atoms with van der Waals surface area (Å²) in [6.45, 7) is 2.27. The lowest BCUT2D eigenvalue weighted by molar-refractivity contribution is 0.104. The van der Waals surface area contributed by atoms with E-state index in [0.717, 1.165) is 16.8 Å². The number of amides is 2. The van der Waals surface area contributed by atoms with Crippen molar-refractivity contribution in [2.75, 3.05) is 19.0 Å². The third-order valence-electron chi connectivity index (χ3n) is 3.38. The summed E-state index contributed by atoms with van der Waals surface area (Å²) in [4.78, 5) is 12.0. The Labute approximate surface area is 135 Å². The summed E-state index contributed by atoms with van der Waals surface area (Å²) in [5, 5.41) is 6.24. The van der Waals surface area contributed by atoms with E-state index in [9.17, 15) is 4.79 Å². The minimum absolute atomic E-state index is 0.275. The fourth-order valence-electron chi connectivity index (χ4n) is 2.12. The molecule has 2 aromatic carbocycles. The van der Waals surface area contributed by atoms with Crippen LogP contribution < -0.4 is 10.6 Å². The van der Waals surface area contributed by atoms with Crippen molar-refractivity contribution >= 4 is 23.3 Å². The molecule has 2 amide bonds. The Morgan fingerprint density at radius 2 is 1.86 bits per heavy atom. The van der Waals surface area contributed by atoms with Crippen LogP contribution >= 0.6 is 11.6 Å². The number of hydrogen-bond donors (Lipinski definition) is 2. The summed E-state index contributed by atoms with van der Waals surface area (Å²) in [6.07, 6.45) is -0.295. The number of benzene rings is 2. The van der Waals surface area contributed by atoms with E-state index in [-0.39, 0.29) is 12.1 Å². The Morgan fingerprint density at radius 3 is 2.55 bits per heavy atom. The average Bonchev–Trinajstić information content (AvgIpc) is 2.52. The molecule has 2 rings (SSSR count). The van der Waals surface area contributed by atoms with Gasteiger partial charge >= 0.3 is 6.03 Å². The van der Waals surface area contributed by atoms with Gasteiger partial charge in [0.1, 0.15) is 6.10 Å². The molecule has 1 unspecified atom stereocenters. The second kappa shape index (κ2) is 7.82. The number of hydrogen-bond acceptors (Lipinski definition) is 2. The molecule has 0 spiro atoms. The molecule has 1 atom stereocenters. The number of para-hydroxylation sites is 1. The first kappa shape index (κ1) is 16.3. The van der Waals surface area contributed by atoms with Crippen LogP contribution in [-0.4, -0.2) is 19.7 Å². The minimum Gasteiger partial charge on any atom is -0.375 e. The Balaban J connectivity index is 1.95. The molecular formula is C17H19ClN2O2. The van der Waals surface area contributed by atoms with Crippen LogP contribution in [-0.2, 0) is 4.74 Å². The van der Waals surface area contributed by atoms with E-state index >= 15 is 0 Å². The molecule has 0 saturated carbocycles. The molecule has 4 nitrogen and oxygen atoms in total. The normalized spacial score (nSPS) is 11.8. The number of aryl methyl sites for hydroxylation is 1. The highest BCUT2D eigenvalue weighted by Gasteiger charge is 2.15. The van der Waals surface area contributed by atoms with Crippen molar-refractivity contribution < 1.29 is 9.53 Å². The van der Waals surface area contributed by atoms with E-state index in [1.165, 1.54) is 0 Å². The molecule has 0 heterocycles. The molecule has 2 N–H and O–H groups in total. The maximum atomic E-state index is 12.0. The van der Waals surface area contributed by atoms with E-state index in [0.29, 0.717) is 11.6 Å². The SMILES string of the molecule is COC(CNC(=O)Nc1ccccc1C)c1ccccc1Cl. The topological polar surface area (TPSA) is 50.4 Å². The van der Waals surface area contributed by atoms with Crippen molar-refractivity contribution in [3.63, 3.8) is 0 Å². The van der Waals surface area contributed by atoms with Gasteiger partial charge in [-0.15, -0.1) is 0 Å². The molecule has 0 radical (unpaired) electrons. The molecule has 0 aliphatic heterocycles. The van der Waals surface area contributed by atoms with Crippen molar-refractivity contribution in [1.29, 1.82) is 0 Å². The Bertz CT molecular complexity index is 646. The van der Waals surface area contributed by atoms with Gasteiger partial charge < -0.3 is 15.4 Å². The quantitative estimate of drug-likeness (QED) is 0.869. The number of rotatable bonds is 5. The van der Waals surface area contributed by atoms with Gasteiger partial charge in [0.15, 0.2) is 0 Å². The maximum Gasteiger partial charge on any atom is 0.319 e. The van der Waals surface area contributed by atoms with Gasteiger partial charge in [0, 0.05) is 29.9 Å². The van der Waals surface area contributed by atoms with Crippen molar-refractivity contribution in [1.82, 2.24) is 5.32 Å². The summed E-state index contributed by atoms with van der Waals surface area (Å²) >= 11 is 6.16. The summed E-state index contributed by atoms with van der Waals surface area (Å²) < 4.78 is 5.41. The summed E-state index contributed by atoms with van der Waals surface area (Å²) in [5.41, 5.74) is 2.64. The second-order valence-electron chi connectivity index (χ2n) is 4.90.